The molecule has 0 atom stereocenters. The largest absolute Gasteiger partial charge is 0.492 e. The van der Waals surface area contributed by atoms with Crippen molar-refractivity contribution in [3.05, 3.63) is 63.0 Å². The molecule has 1 heterocycles. The predicted octanol–water partition coefficient (Wildman–Crippen LogP) is 6.29. The van der Waals surface area contributed by atoms with Crippen LogP contribution in [0.2, 0.25) is 5.02 Å². The Hall–Kier alpha value is -2.44. The summed E-state index contributed by atoms with van der Waals surface area (Å²) in [6.45, 7) is 9.04. The van der Waals surface area contributed by atoms with Crippen LogP contribution in [0.25, 0.3) is 6.08 Å². The second-order valence-corrected chi connectivity index (χ2v) is 8.90. The number of hydrogen-bond acceptors (Lipinski definition) is 5. The zero-order valence-corrected chi connectivity index (χ0v) is 19.7. The number of hydrogen-bond donors (Lipinski definition) is 0. The summed E-state index contributed by atoms with van der Waals surface area (Å²) in [5.74, 6) is 1.37. The quantitative estimate of drug-likeness (QED) is 0.434. The molecule has 1 aliphatic rings. The maximum Gasteiger partial charge on any atom is 0.293 e. The fourth-order valence-electron chi connectivity index (χ4n) is 3.21. The minimum Gasteiger partial charge on any atom is -0.492 e. The molecule has 1 aliphatic heterocycles. The highest BCUT2D eigenvalue weighted by Crippen LogP contribution is 2.34. The van der Waals surface area contributed by atoms with Gasteiger partial charge in [0.2, 0.25) is 0 Å². The number of imide groups is 1. The van der Waals surface area contributed by atoms with Gasteiger partial charge in [-0.25, -0.2) is 0 Å². The lowest BCUT2D eigenvalue weighted by Crippen LogP contribution is -2.32. The van der Waals surface area contributed by atoms with Crippen molar-refractivity contribution in [2.45, 2.75) is 33.6 Å². The number of aryl methyl sites for hydroxylation is 1. The highest BCUT2D eigenvalue weighted by molar-refractivity contribution is 8.18. The first kappa shape index (κ1) is 23.2. The minimum absolute atomic E-state index is 0.192. The SMILES string of the molecule is CCOc1ccc(/C=C2\SC(=O)N(CCOc3cc(C)ccc3C(C)C)C2=O)cc1Cl. The van der Waals surface area contributed by atoms with Gasteiger partial charge in [0.15, 0.2) is 0 Å². The van der Waals surface area contributed by atoms with Crippen molar-refractivity contribution in [2.75, 3.05) is 19.8 Å². The van der Waals surface area contributed by atoms with Gasteiger partial charge in [-0.05, 0) is 72.5 Å². The van der Waals surface area contributed by atoms with E-state index < -0.39 is 0 Å². The number of carbonyl (C=O) groups is 2. The van der Waals surface area contributed by atoms with E-state index in [1.54, 1.807) is 24.3 Å². The third-order valence-electron chi connectivity index (χ3n) is 4.79. The van der Waals surface area contributed by atoms with Gasteiger partial charge in [0.1, 0.15) is 18.1 Å². The van der Waals surface area contributed by atoms with Crippen molar-refractivity contribution in [3.63, 3.8) is 0 Å². The molecule has 3 rings (SSSR count). The van der Waals surface area contributed by atoms with E-state index in [1.165, 1.54) is 4.90 Å². The molecule has 31 heavy (non-hydrogen) atoms. The van der Waals surface area contributed by atoms with Crippen LogP contribution in [0.3, 0.4) is 0 Å². The lowest BCUT2D eigenvalue weighted by atomic mass is 10.0. The van der Waals surface area contributed by atoms with Crippen molar-refractivity contribution in [3.8, 4) is 11.5 Å². The van der Waals surface area contributed by atoms with Gasteiger partial charge in [-0.3, -0.25) is 14.5 Å². The lowest BCUT2D eigenvalue weighted by Gasteiger charge is -2.17. The summed E-state index contributed by atoms with van der Waals surface area (Å²) in [6.07, 6.45) is 1.67. The first-order valence-corrected chi connectivity index (χ1v) is 11.4. The Balaban J connectivity index is 1.67. The number of thioether (sulfide) groups is 1. The van der Waals surface area contributed by atoms with E-state index in [2.05, 4.69) is 26.0 Å². The van der Waals surface area contributed by atoms with E-state index in [4.69, 9.17) is 21.1 Å². The Morgan fingerprint density at radius 3 is 2.55 bits per heavy atom. The number of amides is 2. The number of rotatable bonds is 8. The molecule has 0 unspecified atom stereocenters. The van der Waals surface area contributed by atoms with E-state index in [0.29, 0.717) is 28.2 Å². The van der Waals surface area contributed by atoms with Gasteiger partial charge in [0, 0.05) is 0 Å². The second kappa shape index (κ2) is 10.2. The van der Waals surface area contributed by atoms with Crippen molar-refractivity contribution in [1.29, 1.82) is 0 Å². The normalized spacial score (nSPS) is 15.3. The van der Waals surface area contributed by atoms with Crippen LogP contribution < -0.4 is 9.47 Å². The van der Waals surface area contributed by atoms with Gasteiger partial charge in [0.25, 0.3) is 11.1 Å². The lowest BCUT2D eigenvalue weighted by molar-refractivity contribution is -0.123. The first-order chi connectivity index (χ1) is 14.8. The molecule has 0 saturated carbocycles. The average molecular weight is 460 g/mol. The van der Waals surface area contributed by atoms with Gasteiger partial charge in [-0.1, -0.05) is 43.6 Å². The van der Waals surface area contributed by atoms with Crippen LogP contribution in [0, 0.1) is 6.92 Å². The zero-order chi connectivity index (χ0) is 22.5. The average Bonchev–Trinajstić information content (AvgIpc) is 2.97. The number of nitrogens with zero attached hydrogens (tertiary/aromatic N) is 1. The monoisotopic (exact) mass is 459 g/mol. The van der Waals surface area contributed by atoms with Gasteiger partial charge >= 0.3 is 0 Å². The molecule has 2 aromatic rings. The molecule has 7 heteroatoms. The Labute approximate surface area is 192 Å². The van der Waals surface area contributed by atoms with Crippen molar-refractivity contribution < 1.29 is 19.1 Å². The minimum atomic E-state index is -0.322. The van der Waals surface area contributed by atoms with Crippen molar-refractivity contribution in [1.82, 2.24) is 4.90 Å². The highest BCUT2D eigenvalue weighted by Gasteiger charge is 2.34. The molecule has 2 amide bonds. The fraction of sp³-hybridized carbons (Fsp3) is 0.333. The van der Waals surface area contributed by atoms with E-state index >= 15 is 0 Å². The van der Waals surface area contributed by atoms with Crippen LogP contribution in [0.5, 0.6) is 11.5 Å². The van der Waals surface area contributed by atoms with Crippen LogP contribution in [-0.2, 0) is 4.79 Å². The fourth-order valence-corrected chi connectivity index (χ4v) is 4.32. The Morgan fingerprint density at radius 2 is 1.87 bits per heavy atom. The molecule has 1 saturated heterocycles. The summed E-state index contributed by atoms with van der Waals surface area (Å²) in [6, 6.07) is 11.4. The van der Waals surface area contributed by atoms with Crippen LogP contribution in [0.15, 0.2) is 41.3 Å². The maximum absolute atomic E-state index is 12.7. The number of halogens is 1. The molecular formula is C24H26ClNO4S. The summed E-state index contributed by atoms with van der Waals surface area (Å²) in [4.78, 5) is 26.7. The molecule has 0 radical (unpaired) electrons. The third-order valence-corrected chi connectivity index (χ3v) is 5.99. The van der Waals surface area contributed by atoms with Crippen LogP contribution in [0.4, 0.5) is 4.79 Å². The Bertz CT molecular complexity index is 1020. The second-order valence-electron chi connectivity index (χ2n) is 7.50. The number of benzene rings is 2. The van der Waals surface area contributed by atoms with E-state index in [-0.39, 0.29) is 24.3 Å². The smallest absolute Gasteiger partial charge is 0.293 e. The first-order valence-electron chi connectivity index (χ1n) is 10.2. The van der Waals surface area contributed by atoms with Crippen molar-refractivity contribution >= 4 is 40.6 Å². The van der Waals surface area contributed by atoms with Crippen LogP contribution in [-0.4, -0.2) is 35.8 Å². The van der Waals surface area contributed by atoms with Gasteiger partial charge in [-0.2, -0.15) is 0 Å². The topological polar surface area (TPSA) is 55.8 Å². The van der Waals surface area contributed by atoms with E-state index in [9.17, 15) is 9.59 Å². The number of ether oxygens (including phenoxy) is 2. The Morgan fingerprint density at radius 1 is 1.10 bits per heavy atom. The molecule has 2 aromatic carbocycles. The summed E-state index contributed by atoms with van der Waals surface area (Å²) in [7, 11) is 0. The molecule has 1 fully saturated rings. The van der Waals surface area contributed by atoms with E-state index in [0.717, 1.165) is 34.2 Å². The maximum atomic E-state index is 12.7. The predicted molar refractivity (Wildman–Crippen MR) is 126 cm³/mol. The molecule has 5 nitrogen and oxygen atoms in total. The molecule has 164 valence electrons. The third kappa shape index (κ3) is 5.63. The molecule has 0 spiro atoms. The van der Waals surface area contributed by atoms with Gasteiger partial charge in [0.05, 0.1) is 23.1 Å². The summed E-state index contributed by atoms with van der Waals surface area (Å²) >= 11 is 7.14. The summed E-state index contributed by atoms with van der Waals surface area (Å²) in [5, 5.41) is 0.160. The number of carbonyl (C=O) groups excluding carboxylic acids is 2. The molecular weight excluding hydrogens is 434 g/mol. The van der Waals surface area contributed by atoms with Crippen LogP contribution >= 0.6 is 23.4 Å². The van der Waals surface area contributed by atoms with Crippen LogP contribution in [0.1, 0.15) is 43.4 Å². The summed E-state index contributed by atoms with van der Waals surface area (Å²) < 4.78 is 11.4. The zero-order valence-electron chi connectivity index (χ0n) is 18.1. The standard InChI is InChI=1S/C24H26ClNO4S/c1-5-29-20-9-7-17(13-19(20)25)14-22-23(27)26(24(28)31-22)10-11-30-21-12-16(4)6-8-18(21)15(2)3/h6-9,12-15H,5,10-11H2,1-4H3/b22-14-. The van der Waals surface area contributed by atoms with Gasteiger partial charge < -0.3 is 9.47 Å². The molecule has 0 aromatic heterocycles. The van der Waals surface area contributed by atoms with Gasteiger partial charge in [-0.15, -0.1) is 0 Å². The molecule has 0 N–H and O–H groups in total. The van der Waals surface area contributed by atoms with Crippen molar-refractivity contribution in [2.24, 2.45) is 0 Å². The Kier molecular flexibility index (Phi) is 7.68. The van der Waals surface area contributed by atoms with E-state index in [1.807, 2.05) is 19.9 Å². The highest BCUT2D eigenvalue weighted by atomic mass is 35.5. The molecule has 0 bridgehead atoms. The summed E-state index contributed by atoms with van der Waals surface area (Å²) in [5.41, 5.74) is 2.94. The molecule has 0 aliphatic carbocycles.